The number of hydrogen-bond acceptors (Lipinski definition) is 6. The summed E-state index contributed by atoms with van der Waals surface area (Å²) in [5.74, 6) is -2.87. The van der Waals surface area contributed by atoms with Crippen molar-refractivity contribution in [3.63, 3.8) is 0 Å². The van der Waals surface area contributed by atoms with E-state index in [0.717, 1.165) is 6.07 Å². The van der Waals surface area contributed by atoms with E-state index in [2.05, 4.69) is 31.8 Å². The van der Waals surface area contributed by atoms with E-state index in [1.807, 2.05) is 0 Å². The highest BCUT2D eigenvalue weighted by molar-refractivity contribution is 9.10. The van der Waals surface area contributed by atoms with Gasteiger partial charge in [-0.15, -0.1) is 0 Å². The minimum atomic E-state index is -1.05. The molecule has 0 aliphatic rings. The number of hydrogen-bond donors (Lipinski definition) is 2. The van der Waals surface area contributed by atoms with Crippen molar-refractivity contribution in [3.05, 3.63) is 87.1 Å². The lowest BCUT2D eigenvalue weighted by Crippen LogP contribution is -2.32. The Morgan fingerprint density at radius 1 is 1.03 bits per heavy atom. The van der Waals surface area contributed by atoms with E-state index in [-0.39, 0.29) is 22.2 Å². The van der Waals surface area contributed by atoms with Crippen LogP contribution in [0, 0.1) is 5.82 Å². The number of rotatable bonds is 6. The van der Waals surface area contributed by atoms with Crippen LogP contribution in [0.1, 0.15) is 15.9 Å². The van der Waals surface area contributed by atoms with E-state index in [9.17, 15) is 18.8 Å². The van der Waals surface area contributed by atoms with Crippen LogP contribution >= 0.6 is 27.5 Å². The highest BCUT2D eigenvalue weighted by Crippen LogP contribution is 2.29. The molecule has 11 heteroatoms. The molecular weight excluding hydrogens is 533 g/mol. The van der Waals surface area contributed by atoms with E-state index >= 15 is 0 Å². The van der Waals surface area contributed by atoms with Crippen LogP contribution in [0.4, 0.5) is 10.1 Å². The molecule has 0 saturated heterocycles. The lowest BCUT2D eigenvalue weighted by atomic mass is 10.2. The van der Waals surface area contributed by atoms with Crippen LogP contribution in [0.2, 0.25) is 5.02 Å². The predicted octanol–water partition coefficient (Wildman–Crippen LogP) is 4.56. The number of carbonyl (C=O) groups excluding carboxylic acids is 3. The van der Waals surface area contributed by atoms with Crippen LogP contribution in [-0.4, -0.2) is 31.1 Å². The van der Waals surface area contributed by atoms with Gasteiger partial charge in [0.2, 0.25) is 0 Å². The Labute approximate surface area is 206 Å². The maximum absolute atomic E-state index is 13.2. The zero-order chi connectivity index (χ0) is 24.7. The van der Waals surface area contributed by atoms with Crippen LogP contribution in [0.3, 0.4) is 0 Å². The molecule has 0 aromatic heterocycles. The number of ether oxygens (including phenoxy) is 2. The summed E-state index contributed by atoms with van der Waals surface area (Å²) in [6.45, 7) is 0. The zero-order valence-electron chi connectivity index (χ0n) is 17.5. The summed E-state index contributed by atoms with van der Waals surface area (Å²) < 4.78 is 24.4. The monoisotopic (exact) mass is 547 g/mol. The number of halogens is 3. The lowest BCUT2D eigenvalue weighted by Gasteiger charge is -2.10. The van der Waals surface area contributed by atoms with Crippen molar-refractivity contribution >= 4 is 57.2 Å². The topological polar surface area (TPSA) is 106 Å². The minimum Gasteiger partial charge on any atom is -0.493 e. The molecule has 0 atom stereocenters. The second kappa shape index (κ2) is 11.4. The normalized spacial score (nSPS) is 10.6. The first-order chi connectivity index (χ1) is 16.3. The van der Waals surface area contributed by atoms with Gasteiger partial charge in [-0.3, -0.25) is 9.59 Å². The van der Waals surface area contributed by atoms with E-state index < -0.39 is 23.6 Å². The fourth-order valence-corrected chi connectivity index (χ4v) is 3.24. The predicted molar refractivity (Wildman–Crippen MR) is 128 cm³/mol. The molecule has 8 nitrogen and oxygen atoms in total. The van der Waals surface area contributed by atoms with Crippen LogP contribution in [0.15, 0.2) is 70.2 Å². The molecule has 2 N–H and O–H groups in total. The molecule has 174 valence electrons. The summed E-state index contributed by atoms with van der Waals surface area (Å²) >= 11 is 8.94. The fraction of sp³-hybridized carbons (Fsp3) is 0.0435. The molecule has 0 spiro atoms. The van der Waals surface area contributed by atoms with Gasteiger partial charge in [0.25, 0.3) is 0 Å². The summed E-state index contributed by atoms with van der Waals surface area (Å²) in [7, 11) is 1.40. The summed E-state index contributed by atoms with van der Waals surface area (Å²) in [4.78, 5) is 36.3. The number of methoxy groups -OCH3 is 1. The van der Waals surface area contributed by atoms with Gasteiger partial charge in [-0.1, -0.05) is 23.7 Å². The number of hydrazone groups is 1. The number of anilines is 1. The first kappa shape index (κ1) is 24.9. The third-order valence-electron chi connectivity index (χ3n) is 4.25. The van der Waals surface area contributed by atoms with E-state index in [4.69, 9.17) is 21.1 Å². The fourth-order valence-electron chi connectivity index (χ4n) is 2.61. The summed E-state index contributed by atoms with van der Waals surface area (Å²) in [6, 6.07) is 14.9. The smallest absolute Gasteiger partial charge is 0.344 e. The SMILES string of the molecule is COc1cc(/C=N/NC(=O)C(=O)Nc2ccc(F)c(Cl)c2)ccc1OC(=O)c1ccccc1Br. The number of benzene rings is 3. The molecule has 0 aliphatic carbocycles. The third kappa shape index (κ3) is 6.40. The Hall–Kier alpha value is -3.76. The van der Waals surface area contributed by atoms with Gasteiger partial charge < -0.3 is 14.8 Å². The highest BCUT2D eigenvalue weighted by atomic mass is 79.9. The van der Waals surface area contributed by atoms with Crippen molar-refractivity contribution in [1.82, 2.24) is 5.43 Å². The molecule has 34 heavy (non-hydrogen) atoms. The van der Waals surface area contributed by atoms with Gasteiger partial charge in [0.05, 0.1) is 23.9 Å². The quantitative estimate of drug-likeness (QED) is 0.154. The molecule has 2 amide bonds. The van der Waals surface area contributed by atoms with Crippen LogP contribution < -0.4 is 20.2 Å². The van der Waals surface area contributed by atoms with Gasteiger partial charge in [-0.05, 0) is 70.0 Å². The second-order valence-electron chi connectivity index (χ2n) is 6.56. The van der Waals surface area contributed by atoms with E-state index in [1.165, 1.54) is 37.6 Å². The molecule has 3 aromatic rings. The van der Waals surface area contributed by atoms with Crippen molar-refractivity contribution in [3.8, 4) is 11.5 Å². The Balaban J connectivity index is 1.61. The molecule has 3 aromatic carbocycles. The molecule has 0 bridgehead atoms. The first-order valence-electron chi connectivity index (χ1n) is 9.52. The van der Waals surface area contributed by atoms with Crippen LogP contribution in [0.25, 0.3) is 0 Å². The van der Waals surface area contributed by atoms with Crippen molar-refractivity contribution in [2.45, 2.75) is 0 Å². The molecule has 0 aliphatic heterocycles. The number of amides is 2. The molecule has 0 radical (unpaired) electrons. The Morgan fingerprint density at radius 3 is 2.50 bits per heavy atom. The maximum atomic E-state index is 13.2. The number of nitrogens with one attached hydrogen (secondary N) is 2. The highest BCUT2D eigenvalue weighted by Gasteiger charge is 2.16. The van der Waals surface area contributed by atoms with Crippen LogP contribution in [0.5, 0.6) is 11.5 Å². The molecule has 0 saturated carbocycles. The van der Waals surface area contributed by atoms with Gasteiger partial charge in [0.1, 0.15) is 5.82 Å². The van der Waals surface area contributed by atoms with Crippen molar-refractivity contribution < 1.29 is 28.2 Å². The van der Waals surface area contributed by atoms with Gasteiger partial charge in [-0.25, -0.2) is 14.6 Å². The molecule has 3 rings (SSSR count). The molecular formula is C23H16BrClFN3O5. The maximum Gasteiger partial charge on any atom is 0.344 e. The molecule has 0 heterocycles. The summed E-state index contributed by atoms with van der Waals surface area (Å²) in [5, 5.41) is 5.79. The summed E-state index contributed by atoms with van der Waals surface area (Å²) in [6.07, 6.45) is 1.27. The minimum absolute atomic E-state index is 0.146. The van der Waals surface area contributed by atoms with Crippen LogP contribution in [-0.2, 0) is 9.59 Å². The number of carbonyl (C=O) groups is 3. The Morgan fingerprint density at radius 2 is 1.79 bits per heavy atom. The van der Waals surface area contributed by atoms with Gasteiger partial charge in [-0.2, -0.15) is 5.10 Å². The number of nitrogens with zero attached hydrogens (tertiary/aromatic N) is 1. The number of esters is 1. The van der Waals surface area contributed by atoms with Gasteiger partial charge in [0.15, 0.2) is 11.5 Å². The zero-order valence-corrected chi connectivity index (χ0v) is 19.8. The molecule has 0 fully saturated rings. The van der Waals surface area contributed by atoms with Crippen molar-refractivity contribution in [1.29, 1.82) is 0 Å². The average molecular weight is 549 g/mol. The van der Waals surface area contributed by atoms with Gasteiger partial charge >= 0.3 is 17.8 Å². The van der Waals surface area contributed by atoms with E-state index in [0.29, 0.717) is 15.6 Å². The first-order valence-corrected chi connectivity index (χ1v) is 10.7. The lowest BCUT2D eigenvalue weighted by molar-refractivity contribution is -0.136. The van der Waals surface area contributed by atoms with E-state index in [1.54, 1.807) is 30.3 Å². The standard InChI is InChI=1S/C23H16BrClFN3O5/c1-33-20-10-13(6-9-19(20)34-23(32)15-4-2-3-5-16(15)24)12-27-29-22(31)21(30)28-14-7-8-18(26)17(25)11-14/h2-12H,1H3,(H,28,30)(H,29,31)/b27-12+. The van der Waals surface area contributed by atoms with Crippen molar-refractivity contribution in [2.24, 2.45) is 5.10 Å². The summed E-state index contributed by atoms with van der Waals surface area (Å²) in [5.41, 5.74) is 3.05. The largest absolute Gasteiger partial charge is 0.493 e. The second-order valence-corrected chi connectivity index (χ2v) is 7.82. The Kier molecular flexibility index (Phi) is 8.34. The van der Waals surface area contributed by atoms with Crippen molar-refractivity contribution in [2.75, 3.05) is 12.4 Å². The third-order valence-corrected chi connectivity index (χ3v) is 5.23. The molecule has 0 unspecified atom stereocenters. The average Bonchev–Trinajstić information content (AvgIpc) is 2.82. The van der Waals surface area contributed by atoms with Gasteiger partial charge in [0, 0.05) is 10.2 Å². The Bertz CT molecular complexity index is 1290.